The molecule has 2 saturated heterocycles. The number of allylic oxidation sites excluding steroid dienone is 1. The summed E-state index contributed by atoms with van der Waals surface area (Å²) in [5.74, 6) is 0. The maximum absolute atomic E-state index is 12.7. The van der Waals surface area contributed by atoms with Gasteiger partial charge in [-0.25, -0.2) is 4.79 Å². The minimum absolute atomic E-state index is 0. The van der Waals surface area contributed by atoms with Crippen LogP contribution in [0.5, 0.6) is 0 Å². The van der Waals surface area contributed by atoms with Crippen LogP contribution in [0.2, 0.25) is 0 Å². The van der Waals surface area contributed by atoms with Crippen LogP contribution in [-0.4, -0.2) is 48.6 Å². The first-order valence-electron chi connectivity index (χ1n) is 10.7. The second kappa shape index (κ2) is 8.05. The van der Waals surface area contributed by atoms with Gasteiger partial charge in [0, 0.05) is 19.9 Å². The lowest BCUT2D eigenvalue weighted by molar-refractivity contribution is 0.150. The second-order valence-corrected chi connectivity index (χ2v) is 8.54. The number of hydrogen-bond acceptors (Lipinski definition) is 2. The highest BCUT2D eigenvalue weighted by molar-refractivity contribution is 5.75. The van der Waals surface area contributed by atoms with Crippen molar-refractivity contribution < 1.29 is 6.22 Å². The molecule has 4 heteroatoms. The largest absolute Gasteiger partial charge is 0.331 e. The summed E-state index contributed by atoms with van der Waals surface area (Å²) in [5, 5.41) is 3.36. The van der Waals surface area contributed by atoms with Crippen molar-refractivity contribution in [2.24, 2.45) is 0 Å². The number of urea groups is 1. The molecule has 3 aliphatic rings. The summed E-state index contributed by atoms with van der Waals surface area (Å²) in [5.41, 5.74) is 3.08. The fraction of sp³-hybridized carbons (Fsp3) is 0.609. The van der Waals surface area contributed by atoms with Crippen molar-refractivity contribution in [1.29, 1.82) is 0 Å². The molecule has 0 radical (unpaired) electrons. The molecule has 0 bridgehead atoms. The van der Waals surface area contributed by atoms with Crippen molar-refractivity contribution in [1.82, 2.24) is 15.1 Å². The van der Waals surface area contributed by atoms with Gasteiger partial charge in [0.2, 0.25) is 0 Å². The number of unbranched alkanes of at least 4 members (excludes halogenated alkanes) is 1. The fourth-order valence-electron chi connectivity index (χ4n) is 5.32. The van der Waals surface area contributed by atoms with Gasteiger partial charge in [-0.05, 0) is 75.7 Å². The number of carbonyl (C=O) groups excluding carboxylic acids is 1. The summed E-state index contributed by atoms with van der Waals surface area (Å²) >= 11 is 0. The Morgan fingerprint density at radius 1 is 1.22 bits per heavy atom. The lowest BCUT2D eigenvalue weighted by Gasteiger charge is -2.40. The average molecular weight is 370 g/mol. The molecule has 0 aromatic heterocycles. The quantitative estimate of drug-likeness (QED) is 0.613. The Labute approximate surface area is 165 Å². The van der Waals surface area contributed by atoms with Crippen molar-refractivity contribution in [2.45, 2.75) is 56.4 Å². The number of hydrogen-bond donors (Lipinski definition) is 1. The molecule has 0 saturated carbocycles. The van der Waals surface area contributed by atoms with Gasteiger partial charge < -0.3 is 15.1 Å². The van der Waals surface area contributed by atoms with Crippen molar-refractivity contribution in [3.63, 3.8) is 0 Å². The van der Waals surface area contributed by atoms with Gasteiger partial charge in [-0.3, -0.25) is 0 Å². The Hall–Kier alpha value is -1.81. The number of benzene rings is 1. The Bertz CT molecular complexity index is 678. The molecule has 1 N–H and O–H groups in total. The van der Waals surface area contributed by atoms with Gasteiger partial charge in [0.05, 0.1) is 6.04 Å². The van der Waals surface area contributed by atoms with Crippen LogP contribution in [0.15, 0.2) is 36.9 Å². The Morgan fingerprint density at radius 3 is 2.70 bits per heavy atom. The van der Waals surface area contributed by atoms with Gasteiger partial charge in [0.1, 0.15) is 0 Å². The van der Waals surface area contributed by atoms with E-state index in [1.54, 1.807) is 0 Å². The molecule has 148 valence electrons. The molecular formula is C23H35N3O. The summed E-state index contributed by atoms with van der Waals surface area (Å²) < 4.78 is 0. The zero-order chi connectivity index (χ0) is 18.7. The summed E-state index contributed by atoms with van der Waals surface area (Å²) in [7, 11) is 0. The molecular weight excluding hydrogens is 334 g/mol. The Morgan fingerprint density at radius 2 is 1.96 bits per heavy atom. The van der Waals surface area contributed by atoms with Crippen LogP contribution in [0.3, 0.4) is 0 Å². The highest BCUT2D eigenvalue weighted by Crippen LogP contribution is 2.50. The van der Waals surface area contributed by atoms with E-state index >= 15 is 0 Å². The van der Waals surface area contributed by atoms with Gasteiger partial charge in [-0.2, -0.15) is 0 Å². The van der Waals surface area contributed by atoms with Gasteiger partial charge in [-0.15, -0.1) is 6.58 Å². The topological polar surface area (TPSA) is 35.6 Å². The minimum Gasteiger partial charge on any atom is -0.331 e. The number of rotatable bonds is 5. The first kappa shape index (κ1) is 18.5. The molecule has 1 aromatic rings. The Kier molecular flexibility index (Phi) is 5.53. The third-order valence-corrected chi connectivity index (χ3v) is 6.89. The molecule has 2 amide bonds. The molecule has 27 heavy (non-hydrogen) atoms. The smallest absolute Gasteiger partial charge is 0.317 e. The van der Waals surface area contributed by atoms with E-state index in [1.807, 2.05) is 11.0 Å². The van der Waals surface area contributed by atoms with Crippen molar-refractivity contribution in [3.8, 4) is 0 Å². The first-order valence-corrected chi connectivity index (χ1v) is 10.7. The highest BCUT2D eigenvalue weighted by Gasteiger charge is 2.45. The van der Waals surface area contributed by atoms with Crippen molar-refractivity contribution in [2.75, 3.05) is 32.7 Å². The van der Waals surface area contributed by atoms with Crippen LogP contribution < -0.4 is 5.32 Å². The number of fused-ring (bicyclic) bond motifs is 2. The van der Waals surface area contributed by atoms with Crippen molar-refractivity contribution >= 4 is 6.03 Å². The number of amides is 2. The van der Waals surface area contributed by atoms with E-state index in [9.17, 15) is 4.79 Å². The standard InChI is InChI=1S/C23H33N3O.H2/c1-2-3-6-13-25-16-11-23(12-17-25)18-21(19-9-4-5-10-20(19)23)24-22(27)26-14-7-8-15-26;/h2,4-5,9-10,21H,1,3,6-8,11-18H2,(H,24,27);1H/t21-;/m0./s1. The van der Waals surface area contributed by atoms with E-state index in [1.165, 1.54) is 36.9 Å². The number of likely N-dealkylation sites (tertiary alicyclic amines) is 2. The van der Waals surface area contributed by atoms with Crippen LogP contribution in [0.1, 0.15) is 63.5 Å². The lowest BCUT2D eigenvalue weighted by atomic mass is 9.73. The van der Waals surface area contributed by atoms with Crippen LogP contribution in [-0.2, 0) is 5.41 Å². The highest BCUT2D eigenvalue weighted by atomic mass is 16.2. The van der Waals surface area contributed by atoms with E-state index in [2.05, 4.69) is 41.1 Å². The predicted octanol–water partition coefficient (Wildman–Crippen LogP) is 4.48. The number of carbonyl (C=O) groups is 1. The lowest BCUT2D eigenvalue weighted by Crippen LogP contribution is -2.43. The zero-order valence-electron chi connectivity index (χ0n) is 16.5. The molecule has 0 unspecified atom stereocenters. The van der Waals surface area contributed by atoms with Gasteiger partial charge in [-0.1, -0.05) is 30.3 Å². The summed E-state index contributed by atoms with van der Waals surface area (Å²) in [6.45, 7) is 9.16. The molecule has 2 heterocycles. The van der Waals surface area contributed by atoms with Crippen LogP contribution in [0, 0.1) is 0 Å². The fourth-order valence-corrected chi connectivity index (χ4v) is 5.32. The number of nitrogens with one attached hydrogen (secondary N) is 1. The van der Waals surface area contributed by atoms with Gasteiger partial charge in [0.15, 0.2) is 0 Å². The molecule has 1 aromatic carbocycles. The molecule has 2 fully saturated rings. The average Bonchev–Trinajstić information content (AvgIpc) is 3.32. The maximum Gasteiger partial charge on any atom is 0.317 e. The molecule has 1 spiro atoms. The Balaban J connectivity index is 0.00000225. The van der Waals surface area contributed by atoms with Crippen LogP contribution >= 0.6 is 0 Å². The monoisotopic (exact) mass is 369 g/mol. The minimum atomic E-state index is 0. The summed E-state index contributed by atoms with van der Waals surface area (Å²) in [6, 6.07) is 9.13. The van der Waals surface area contributed by atoms with E-state index < -0.39 is 0 Å². The van der Waals surface area contributed by atoms with Gasteiger partial charge >= 0.3 is 6.03 Å². The maximum atomic E-state index is 12.7. The van der Waals surface area contributed by atoms with Crippen LogP contribution in [0.25, 0.3) is 0 Å². The normalized spacial score (nSPS) is 24.1. The number of nitrogens with zero attached hydrogens (tertiary/aromatic N) is 2. The van der Waals surface area contributed by atoms with E-state index in [0.29, 0.717) is 0 Å². The second-order valence-electron chi connectivity index (χ2n) is 8.54. The zero-order valence-corrected chi connectivity index (χ0v) is 16.5. The summed E-state index contributed by atoms with van der Waals surface area (Å²) in [4.78, 5) is 17.3. The third kappa shape index (κ3) is 3.77. The van der Waals surface area contributed by atoms with Gasteiger partial charge in [0.25, 0.3) is 0 Å². The SMILES string of the molecule is C=CCCCN1CCC2(CC1)C[C@H](NC(=O)N1CCCC1)c1ccccc12.[HH]. The van der Waals surface area contributed by atoms with E-state index in [0.717, 1.165) is 51.9 Å². The van der Waals surface area contributed by atoms with E-state index in [4.69, 9.17) is 0 Å². The number of piperidine rings is 1. The molecule has 1 aliphatic carbocycles. The van der Waals surface area contributed by atoms with E-state index in [-0.39, 0.29) is 18.9 Å². The molecule has 1 atom stereocenters. The first-order chi connectivity index (χ1) is 13.2. The summed E-state index contributed by atoms with van der Waals surface area (Å²) in [6.07, 6.45) is 10.1. The molecule has 2 aliphatic heterocycles. The van der Waals surface area contributed by atoms with Crippen molar-refractivity contribution in [3.05, 3.63) is 48.0 Å². The third-order valence-electron chi connectivity index (χ3n) is 6.89. The molecule has 4 rings (SSSR count). The van der Waals surface area contributed by atoms with Crippen LogP contribution in [0.4, 0.5) is 4.79 Å². The predicted molar refractivity (Wildman–Crippen MR) is 112 cm³/mol. The molecule has 4 nitrogen and oxygen atoms in total.